The van der Waals surface area contributed by atoms with Crippen LogP contribution in [0.2, 0.25) is 5.02 Å². The molecule has 5 nitrogen and oxygen atoms in total. The highest BCUT2D eigenvalue weighted by Crippen LogP contribution is 2.29. The number of methoxy groups -OCH3 is 1. The maximum Gasteiger partial charge on any atom is 0.320 e. The average molecular weight is 378 g/mol. The Morgan fingerprint density at radius 1 is 1.12 bits per heavy atom. The van der Waals surface area contributed by atoms with Gasteiger partial charge in [-0.1, -0.05) is 43.6 Å². The van der Waals surface area contributed by atoms with E-state index in [4.69, 9.17) is 21.1 Å². The molecule has 0 bridgehead atoms. The van der Waals surface area contributed by atoms with Crippen molar-refractivity contribution in [3.63, 3.8) is 0 Å². The van der Waals surface area contributed by atoms with Crippen LogP contribution in [-0.2, 0) is 17.9 Å². The van der Waals surface area contributed by atoms with Crippen molar-refractivity contribution in [1.29, 1.82) is 0 Å². The Labute approximate surface area is 158 Å². The van der Waals surface area contributed by atoms with Gasteiger partial charge in [0.25, 0.3) is 0 Å². The molecular formula is C20H24ClNO4. The molecule has 2 aromatic carbocycles. The summed E-state index contributed by atoms with van der Waals surface area (Å²) in [6.07, 6.45) is 0. The van der Waals surface area contributed by atoms with Gasteiger partial charge < -0.3 is 19.9 Å². The summed E-state index contributed by atoms with van der Waals surface area (Å²) < 4.78 is 11.2. The lowest BCUT2D eigenvalue weighted by atomic mass is 10.0. The SMILES string of the molecule is COc1cc(CNC(C(=O)O)C(C)C)ccc1OCc1ccc(Cl)cc1. The van der Waals surface area contributed by atoms with Gasteiger partial charge in [0.1, 0.15) is 12.6 Å². The van der Waals surface area contributed by atoms with Gasteiger partial charge in [0.2, 0.25) is 0 Å². The lowest BCUT2D eigenvalue weighted by Gasteiger charge is -2.18. The van der Waals surface area contributed by atoms with Crippen molar-refractivity contribution >= 4 is 17.6 Å². The monoisotopic (exact) mass is 377 g/mol. The Hall–Kier alpha value is -2.24. The average Bonchev–Trinajstić information content (AvgIpc) is 2.61. The first-order valence-electron chi connectivity index (χ1n) is 8.41. The van der Waals surface area contributed by atoms with Crippen LogP contribution in [0.15, 0.2) is 42.5 Å². The molecule has 0 aliphatic heterocycles. The molecule has 0 aliphatic rings. The molecule has 6 heteroatoms. The van der Waals surface area contributed by atoms with Crippen molar-refractivity contribution in [3.8, 4) is 11.5 Å². The smallest absolute Gasteiger partial charge is 0.320 e. The first-order chi connectivity index (χ1) is 12.4. The number of nitrogens with one attached hydrogen (secondary N) is 1. The summed E-state index contributed by atoms with van der Waals surface area (Å²) >= 11 is 5.88. The van der Waals surface area contributed by atoms with Crippen molar-refractivity contribution in [1.82, 2.24) is 5.32 Å². The number of rotatable bonds is 9. The Morgan fingerprint density at radius 3 is 2.35 bits per heavy atom. The molecule has 0 saturated heterocycles. The Bertz CT molecular complexity index is 731. The van der Waals surface area contributed by atoms with Crippen molar-refractivity contribution < 1.29 is 19.4 Å². The first kappa shape index (κ1) is 20.1. The molecule has 0 amide bonds. The highest BCUT2D eigenvalue weighted by molar-refractivity contribution is 6.30. The van der Waals surface area contributed by atoms with Crippen LogP contribution in [0, 0.1) is 5.92 Å². The quantitative estimate of drug-likeness (QED) is 0.687. The van der Waals surface area contributed by atoms with E-state index in [1.807, 2.05) is 56.3 Å². The van der Waals surface area contributed by atoms with Gasteiger partial charge in [0.05, 0.1) is 7.11 Å². The highest BCUT2D eigenvalue weighted by Gasteiger charge is 2.20. The molecule has 26 heavy (non-hydrogen) atoms. The lowest BCUT2D eigenvalue weighted by Crippen LogP contribution is -2.40. The third-order valence-corrected chi connectivity index (χ3v) is 4.25. The number of ether oxygens (including phenoxy) is 2. The molecule has 0 fully saturated rings. The highest BCUT2D eigenvalue weighted by atomic mass is 35.5. The van der Waals surface area contributed by atoms with Crippen LogP contribution in [0.5, 0.6) is 11.5 Å². The zero-order chi connectivity index (χ0) is 19.1. The van der Waals surface area contributed by atoms with E-state index in [0.717, 1.165) is 11.1 Å². The molecule has 0 heterocycles. The fourth-order valence-electron chi connectivity index (χ4n) is 2.52. The summed E-state index contributed by atoms with van der Waals surface area (Å²) in [5, 5.41) is 13.0. The standard InChI is InChI=1S/C20H24ClNO4/c1-13(2)19(20(23)24)22-11-15-6-9-17(18(10-15)25-3)26-12-14-4-7-16(21)8-5-14/h4-10,13,19,22H,11-12H2,1-3H3,(H,23,24). The topological polar surface area (TPSA) is 67.8 Å². The Morgan fingerprint density at radius 2 is 1.77 bits per heavy atom. The van der Waals surface area contributed by atoms with Gasteiger partial charge in [-0.05, 0) is 41.3 Å². The fraction of sp³-hybridized carbons (Fsp3) is 0.350. The van der Waals surface area contributed by atoms with Crippen molar-refractivity contribution in [2.24, 2.45) is 5.92 Å². The van der Waals surface area contributed by atoms with Crippen LogP contribution in [0.25, 0.3) is 0 Å². The molecule has 1 atom stereocenters. The molecule has 140 valence electrons. The van der Waals surface area contributed by atoms with Crippen LogP contribution in [0.4, 0.5) is 0 Å². The summed E-state index contributed by atoms with van der Waals surface area (Å²) in [5.41, 5.74) is 1.93. The van der Waals surface area contributed by atoms with Crippen LogP contribution >= 0.6 is 11.6 Å². The van der Waals surface area contributed by atoms with Crippen molar-refractivity contribution in [2.75, 3.05) is 7.11 Å². The van der Waals surface area contributed by atoms with E-state index in [1.165, 1.54) is 0 Å². The van der Waals surface area contributed by atoms with Gasteiger partial charge >= 0.3 is 5.97 Å². The molecule has 0 aliphatic carbocycles. The van der Waals surface area contributed by atoms with Gasteiger partial charge in [-0.2, -0.15) is 0 Å². The molecular weight excluding hydrogens is 354 g/mol. The summed E-state index contributed by atoms with van der Waals surface area (Å²) in [6, 6.07) is 12.4. The summed E-state index contributed by atoms with van der Waals surface area (Å²) in [7, 11) is 1.58. The second-order valence-electron chi connectivity index (χ2n) is 6.34. The maximum absolute atomic E-state index is 11.3. The summed E-state index contributed by atoms with van der Waals surface area (Å²) in [6.45, 7) is 4.59. The number of benzene rings is 2. The zero-order valence-electron chi connectivity index (χ0n) is 15.2. The van der Waals surface area contributed by atoms with E-state index in [2.05, 4.69) is 5.32 Å². The number of hydrogen-bond acceptors (Lipinski definition) is 4. The van der Waals surface area contributed by atoms with Gasteiger partial charge in [0.15, 0.2) is 11.5 Å². The van der Waals surface area contributed by atoms with E-state index < -0.39 is 12.0 Å². The third kappa shape index (κ3) is 5.64. The normalized spacial score (nSPS) is 12.0. The molecule has 0 saturated carbocycles. The molecule has 1 unspecified atom stereocenters. The van der Waals surface area contributed by atoms with Gasteiger partial charge in [-0.3, -0.25) is 4.79 Å². The Balaban J connectivity index is 2.02. The van der Waals surface area contributed by atoms with Gasteiger partial charge in [0, 0.05) is 11.6 Å². The molecule has 0 aromatic heterocycles. The van der Waals surface area contributed by atoms with Crippen LogP contribution in [0.3, 0.4) is 0 Å². The largest absolute Gasteiger partial charge is 0.493 e. The number of carbonyl (C=O) groups is 1. The van der Waals surface area contributed by atoms with E-state index >= 15 is 0 Å². The summed E-state index contributed by atoms with van der Waals surface area (Å²) in [4.78, 5) is 11.3. The number of hydrogen-bond donors (Lipinski definition) is 2. The Kier molecular flexibility index (Phi) is 7.30. The minimum atomic E-state index is -0.852. The number of aliphatic carboxylic acids is 1. The molecule has 0 spiro atoms. The maximum atomic E-state index is 11.3. The number of carboxylic acid groups (broad SMARTS) is 1. The second kappa shape index (κ2) is 9.46. The van der Waals surface area contributed by atoms with E-state index in [-0.39, 0.29) is 5.92 Å². The summed E-state index contributed by atoms with van der Waals surface area (Å²) in [5.74, 6) is 0.380. The van der Waals surface area contributed by atoms with E-state index in [0.29, 0.717) is 29.7 Å². The van der Waals surface area contributed by atoms with E-state index in [9.17, 15) is 9.90 Å². The molecule has 2 N–H and O–H groups in total. The first-order valence-corrected chi connectivity index (χ1v) is 8.79. The lowest BCUT2D eigenvalue weighted by molar-refractivity contribution is -0.140. The molecule has 2 aromatic rings. The minimum absolute atomic E-state index is 0.00335. The second-order valence-corrected chi connectivity index (χ2v) is 6.78. The van der Waals surface area contributed by atoms with Crippen LogP contribution in [0.1, 0.15) is 25.0 Å². The fourth-order valence-corrected chi connectivity index (χ4v) is 2.64. The molecule has 0 radical (unpaired) electrons. The predicted octanol–water partition coefficient (Wildman–Crippen LogP) is 4.13. The number of halogens is 1. The van der Waals surface area contributed by atoms with E-state index in [1.54, 1.807) is 7.11 Å². The third-order valence-electron chi connectivity index (χ3n) is 3.99. The number of carboxylic acids is 1. The van der Waals surface area contributed by atoms with Crippen LogP contribution < -0.4 is 14.8 Å². The predicted molar refractivity (Wildman–Crippen MR) is 102 cm³/mol. The van der Waals surface area contributed by atoms with Crippen molar-refractivity contribution in [2.45, 2.75) is 33.0 Å². The minimum Gasteiger partial charge on any atom is -0.493 e. The van der Waals surface area contributed by atoms with Crippen molar-refractivity contribution in [3.05, 3.63) is 58.6 Å². The molecule has 2 rings (SSSR count). The van der Waals surface area contributed by atoms with Gasteiger partial charge in [-0.15, -0.1) is 0 Å². The van der Waals surface area contributed by atoms with Crippen LogP contribution in [-0.4, -0.2) is 24.2 Å². The van der Waals surface area contributed by atoms with Gasteiger partial charge in [-0.25, -0.2) is 0 Å². The zero-order valence-corrected chi connectivity index (χ0v) is 15.9.